The lowest BCUT2D eigenvalue weighted by atomic mass is 9.99. The van der Waals surface area contributed by atoms with Crippen molar-refractivity contribution in [2.75, 3.05) is 20.3 Å². The van der Waals surface area contributed by atoms with Crippen LogP contribution in [-0.4, -0.2) is 89.6 Å². The van der Waals surface area contributed by atoms with Gasteiger partial charge in [0.25, 0.3) is 11.8 Å². The highest BCUT2D eigenvalue weighted by Gasteiger charge is 2.40. The van der Waals surface area contributed by atoms with E-state index in [1.54, 1.807) is 54.6 Å². The number of hydrogen-bond donors (Lipinski definition) is 5. The van der Waals surface area contributed by atoms with E-state index in [1.165, 1.54) is 12.0 Å². The standard InChI is InChI=1S/C32H43N5O8/c1-32(2,3)36-30(42)25-11-8-16-37(25)31(43)28(40)23(17-20-9-6-5-7-10-20)35-29(41)24(18-26(33)38)34-27(39)19-45-22-14-12-21(44-4)13-15-22/h5-7,9-10,12-15,23-25,28,40H,8,11,16-19H2,1-4H3,(H2,33,38)(H,34,39)(H,35,41)(H,36,42)/t23?,24-,25-,28?/m0/s1. The van der Waals surface area contributed by atoms with E-state index in [-0.39, 0.29) is 18.9 Å². The molecule has 3 rings (SSSR count). The molecule has 2 unspecified atom stereocenters. The molecule has 1 heterocycles. The number of carbonyl (C=O) groups is 5. The fraction of sp³-hybridized carbons (Fsp3) is 0.469. The van der Waals surface area contributed by atoms with Gasteiger partial charge in [0, 0.05) is 12.1 Å². The van der Waals surface area contributed by atoms with Gasteiger partial charge >= 0.3 is 0 Å². The van der Waals surface area contributed by atoms with Crippen LogP contribution >= 0.6 is 0 Å². The predicted octanol–water partition coefficient (Wildman–Crippen LogP) is 0.428. The Morgan fingerprint density at radius 3 is 2.24 bits per heavy atom. The van der Waals surface area contributed by atoms with Crippen molar-refractivity contribution >= 4 is 29.5 Å². The SMILES string of the molecule is COc1ccc(OCC(=O)N[C@@H](CC(N)=O)C(=O)NC(Cc2ccccc2)C(O)C(=O)N2CCC[C@H]2C(=O)NC(C)(C)C)cc1. The zero-order valence-corrected chi connectivity index (χ0v) is 26.1. The lowest BCUT2D eigenvalue weighted by Crippen LogP contribution is -2.59. The zero-order valence-electron chi connectivity index (χ0n) is 26.1. The summed E-state index contributed by atoms with van der Waals surface area (Å²) in [4.78, 5) is 65.8. The molecule has 6 N–H and O–H groups in total. The minimum Gasteiger partial charge on any atom is -0.497 e. The van der Waals surface area contributed by atoms with Crippen LogP contribution in [0.2, 0.25) is 0 Å². The van der Waals surface area contributed by atoms with Crippen LogP contribution in [0.1, 0.15) is 45.6 Å². The third-order valence-electron chi connectivity index (χ3n) is 7.08. The van der Waals surface area contributed by atoms with Crippen molar-refractivity contribution < 1.29 is 38.6 Å². The van der Waals surface area contributed by atoms with Crippen LogP contribution in [-0.2, 0) is 30.4 Å². The van der Waals surface area contributed by atoms with Gasteiger partial charge in [0.15, 0.2) is 12.7 Å². The van der Waals surface area contributed by atoms with Gasteiger partial charge in [0.05, 0.1) is 19.6 Å². The van der Waals surface area contributed by atoms with E-state index in [9.17, 15) is 29.1 Å². The largest absolute Gasteiger partial charge is 0.497 e. The molecule has 1 saturated heterocycles. The Morgan fingerprint density at radius 1 is 1.00 bits per heavy atom. The molecule has 1 fully saturated rings. The van der Waals surface area contributed by atoms with Crippen LogP contribution in [0.15, 0.2) is 54.6 Å². The predicted molar refractivity (Wildman–Crippen MR) is 165 cm³/mol. The Balaban J connectivity index is 1.75. The molecule has 0 aliphatic carbocycles. The second-order valence-corrected chi connectivity index (χ2v) is 11.9. The summed E-state index contributed by atoms with van der Waals surface area (Å²) in [5, 5.41) is 19.3. The molecule has 0 bridgehead atoms. The number of amides is 5. The van der Waals surface area contributed by atoms with Crippen molar-refractivity contribution in [1.82, 2.24) is 20.9 Å². The van der Waals surface area contributed by atoms with Gasteiger partial charge in [-0.25, -0.2) is 0 Å². The number of nitrogens with zero attached hydrogens (tertiary/aromatic N) is 1. The molecule has 13 heteroatoms. The highest BCUT2D eigenvalue weighted by atomic mass is 16.5. The maximum atomic E-state index is 13.6. The molecule has 0 saturated carbocycles. The summed E-state index contributed by atoms with van der Waals surface area (Å²) < 4.78 is 10.6. The van der Waals surface area contributed by atoms with Crippen LogP contribution in [0.25, 0.3) is 0 Å². The molecule has 13 nitrogen and oxygen atoms in total. The monoisotopic (exact) mass is 625 g/mol. The molecule has 5 amide bonds. The number of methoxy groups -OCH3 is 1. The second-order valence-electron chi connectivity index (χ2n) is 11.9. The molecule has 45 heavy (non-hydrogen) atoms. The Kier molecular flexibility index (Phi) is 12.3. The van der Waals surface area contributed by atoms with E-state index in [4.69, 9.17) is 15.2 Å². The minimum absolute atomic E-state index is 0.0456. The van der Waals surface area contributed by atoms with Gasteiger partial charge in [0.2, 0.25) is 17.7 Å². The molecule has 0 aromatic heterocycles. The van der Waals surface area contributed by atoms with E-state index in [0.29, 0.717) is 29.9 Å². The van der Waals surface area contributed by atoms with Crippen LogP contribution in [0.3, 0.4) is 0 Å². The van der Waals surface area contributed by atoms with Crippen LogP contribution < -0.4 is 31.2 Å². The van der Waals surface area contributed by atoms with Gasteiger partial charge < -0.3 is 41.2 Å². The summed E-state index contributed by atoms with van der Waals surface area (Å²) in [6.45, 7) is 5.30. The van der Waals surface area contributed by atoms with Gasteiger partial charge in [-0.2, -0.15) is 0 Å². The van der Waals surface area contributed by atoms with E-state index in [1.807, 2.05) is 20.8 Å². The Labute approximate surface area is 262 Å². The summed E-state index contributed by atoms with van der Waals surface area (Å²) in [6, 6.07) is 12.0. The van der Waals surface area contributed by atoms with Crippen molar-refractivity contribution in [2.24, 2.45) is 5.73 Å². The first-order valence-electron chi connectivity index (χ1n) is 14.8. The summed E-state index contributed by atoms with van der Waals surface area (Å²) >= 11 is 0. The van der Waals surface area contributed by atoms with Gasteiger partial charge in [-0.3, -0.25) is 24.0 Å². The molecular weight excluding hydrogens is 582 g/mol. The average Bonchev–Trinajstić information content (AvgIpc) is 3.49. The number of hydrogen-bond acceptors (Lipinski definition) is 8. The number of nitrogens with one attached hydrogen (secondary N) is 3. The van der Waals surface area contributed by atoms with Crippen LogP contribution in [0, 0.1) is 0 Å². The first-order valence-corrected chi connectivity index (χ1v) is 14.8. The molecule has 2 aromatic carbocycles. The highest BCUT2D eigenvalue weighted by molar-refractivity contribution is 5.93. The molecule has 1 aliphatic rings. The quantitative estimate of drug-likeness (QED) is 0.200. The number of aliphatic hydroxyl groups is 1. The number of benzene rings is 2. The Hall–Kier alpha value is -4.65. The van der Waals surface area contributed by atoms with Crippen LogP contribution in [0.5, 0.6) is 11.5 Å². The van der Waals surface area contributed by atoms with Gasteiger partial charge in [-0.05, 0) is 69.9 Å². The number of primary amides is 1. The molecule has 2 aromatic rings. The second kappa shape index (κ2) is 15.9. The smallest absolute Gasteiger partial charge is 0.258 e. The maximum absolute atomic E-state index is 13.6. The van der Waals surface area contributed by atoms with E-state index in [0.717, 1.165) is 0 Å². The van der Waals surface area contributed by atoms with Crippen molar-refractivity contribution in [3.8, 4) is 11.5 Å². The summed E-state index contributed by atoms with van der Waals surface area (Å²) in [5.74, 6) is -2.45. The third kappa shape index (κ3) is 10.8. The number of aliphatic hydroxyl groups excluding tert-OH is 1. The van der Waals surface area contributed by atoms with Crippen molar-refractivity contribution in [2.45, 2.75) is 76.2 Å². The summed E-state index contributed by atoms with van der Waals surface area (Å²) in [5.41, 5.74) is 5.56. The number of likely N-dealkylation sites (tertiary alicyclic amines) is 1. The molecule has 4 atom stereocenters. The molecule has 1 aliphatic heterocycles. The van der Waals surface area contributed by atoms with Crippen molar-refractivity contribution in [3.63, 3.8) is 0 Å². The Morgan fingerprint density at radius 2 is 1.64 bits per heavy atom. The van der Waals surface area contributed by atoms with Gasteiger partial charge in [-0.1, -0.05) is 30.3 Å². The minimum atomic E-state index is -1.74. The number of carbonyl (C=O) groups excluding carboxylic acids is 5. The van der Waals surface area contributed by atoms with E-state index in [2.05, 4.69) is 16.0 Å². The first kappa shape index (κ1) is 34.8. The van der Waals surface area contributed by atoms with Gasteiger partial charge in [0.1, 0.15) is 23.6 Å². The normalized spacial score (nSPS) is 16.6. The van der Waals surface area contributed by atoms with E-state index < -0.39 is 66.4 Å². The fourth-order valence-electron chi connectivity index (χ4n) is 4.96. The maximum Gasteiger partial charge on any atom is 0.258 e. The topological polar surface area (TPSA) is 189 Å². The number of nitrogens with two attached hydrogens (primary N) is 1. The number of rotatable bonds is 14. The third-order valence-corrected chi connectivity index (χ3v) is 7.08. The summed E-state index contributed by atoms with van der Waals surface area (Å²) in [6.07, 6.45) is -1.23. The molecule has 244 valence electrons. The molecular formula is C32H43N5O8. The fourth-order valence-corrected chi connectivity index (χ4v) is 4.96. The zero-order chi connectivity index (χ0) is 33.1. The van der Waals surface area contributed by atoms with Gasteiger partial charge in [-0.15, -0.1) is 0 Å². The first-order chi connectivity index (χ1) is 21.3. The van der Waals surface area contributed by atoms with Crippen LogP contribution in [0.4, 0.5) is 0 Å². The van der Waals surface area contributed by atoms with Crippen molar-refractivity contribution in [3.05, 3.63) is 60.2 Å². The van der Waals surface area contributed by atoms with Crippen molar-refractivity contribution in [1.29, 1.82) is 0 Å². The average molecular weight is 626 g/mol. The van der Waals surface area contributed by atoms with E-state index >= 15 is 0 Å². The molecule has 0 radical (unpaired) electrons. The molecule has 0 spiro atoms. The number of ether oxygens (including phenoxy) is 2. The Bertz CT molecular complexity index is 1330. The lowest BCUT2D eigenvalue weighted by Gasteiger charge is -2.32. The lowest BCUT2D eigenvalue weighted by molar-refractivity contribution is -0.147. The highest BCUT2D eigenvalue weighted by Crippen LogP contribution is 2.21. The summed E-state index contributed by atoms with van der Waals surface area (Å²) in [7, 11) is 1.52.